The molecule has 20 heavy (non-hydrogen) atoms. The van der Waals surface area contributed by atoms with E-state index < -0.39 is 6.03 Å². The van der Waals surface area contributed by atoms with Crippen LogP contribution in [0.4, 0.5) is 10.5 Å². The standard InChI is InChI=1S/C16H16N2O2/c1-2-18(15(19)13-9-5-3-6-10-13)16(20)17-14-11-7-4-8-12-14/h3-12H,2H2,1H3,(H,17,20). The molecule has 0 radical (unpaired) electrons. The smallest absolute Gasteiger partial charge is 0.307 e. The summed E-state index contributed by atoms with van der Waals surface area (Å²) in [6.07, 6.45) is 0. The fraction of sp³-hybridized carbons (Fsp3) is 0.125. The van der Waals surface area contributed by atoms with Crippen LogP contribution in [0, 0.1) is 0 Å². The Bertz CT molecular complexity index is 582. The van der Waals surface area contributed by atoms with Crippen LogP contribution < -0.4 is 5.32 Å². The van der Waals surface area contributed by atoms with Gasteiger partial charge in [-0.15, -0.1) is 0 Å². The number of carbonyl (C=O) groups is 2. The topological polar surface area (TPSA) is 49.4 Å². The average molecular weight is 268 g/mol. The van der Waals surface area contributed by atoms with Crippen LogP contribution in [-0.4, -0.2) is 23.4 Å². The molecule has 3 amide bonds. The summed E-state index contributed by atoms with van der Waals surface area (Å²) in [6, 6.07) is 17.4. The van der Waals surface area contributed by atoms with Crippen molar-refractivity contribution in [2.45, 2.75) is 6.92 Å². The molecule has 0 aliphatic carbocycles. The van der Waals surface area contributed by atoms with Gasteiger partial charge < -0.3 is 5.32 Å². The number of nitrogens with zero attached hydrogens (tertiary/aromatic N) is 1. The number of urea groups is 1. The fourth-order valence-electron chi connectivity index (χ4n) is 1.83. The van der Waals surface area contributed by atoms with Gasteiger partial charge in [0.2, 0.25) is 0 Å². The number of benzene rings is 2. The first-order chi connectivity index (χ1) is 9.72. The van der Waals surface area contributed by atoms with Crippen LogP contribution in [0.25, 0.3) is 0 Å². The predicted molar refractivity (Wildman–Crippen MR) is 78.6 cm³/mol. The van der Waals surface area contributed by atoms with Gasteiger partial charge >= 0.3 is 6.03 Å². The Morgan fingerprint density at radius 3 is 2.05 bits per heavy atom. The number of hydrogen-bond acceptors (Lipinski definition) is 2. The second-order valence-electron chi connectivity index (χ2n) is 4.21. The second-order valence-corrected chi connectivity index (χ2v) is 4.21. The lowest BCUT2D eigenvalue weighted by molar-refractivity contribution is 0.0818. The summed E-state index contributed by atoms with van der Waals surface area (Å²) in [4.78, 5) is 25.6. The molecular formula is C16H16N2O2. The molecule has 0 spiro atoms. The molecule has 0 aromatic heterocycles. The zero-order chi connectivity index (χ0) is 14.4. The summed E-state index contributed by atoms with van der Waals surface area (Å²) in [6.45, 7) is 2.08. The van der Waals surface area contributed by atoms with Crippen LogP contribution >= 0.6 is 0 Å². The third-order valence-corrected chi connectivity index (χ3v) is 2.85. The van der Waals surface area contributed by atoms with Crippen LogP contribution in [0.5, 0.6) is 0 Å². The highest BCUT2D eigenvalue weighted by atomic mass is 16.2. The molecular weight excluding hydrogens is 252 g/mol. The molecule has 0 fully saturated rings. The molecule has 102 valence electrons. The van der Waals surface area contributed by atoms with Crippen molar-refractivity contribution in [3.63, 3.8) is 0 Å². The first kappa shape index (κ1) is 13.8. The maximum Gasteiger partial charge on any atom is 0.328 e. The highest BCUT2D eigenvalue weighted by Crippen LogP contribution is 2.09. The molecule has 0 aliphatic heterocycles. The normalized spacial score (nSPS) is 9.85. The summed E-state index contributed by atoms with van der Waals surface area (Å²) < 4.78 is 0. The predicted octanol–water partition coefficient (Wildman–Crippen LogP) is 3.38. The summed E-state index contributed by atoms with van der Waals surface area (Å²) in [5, 5.41) is 2.71. The van der Waals surface area contributed by atoms with Crippen LogP contribution in [0.1, 0.15) is 17.3 Å². The largest absolute Gasteiger partial charge is 0.328 e. The zero-order valence-electron chi connectivity index (χ0n) is 11.2. The van der Waals surface area contributed by atoms with E-state index in [4.69, 9.17) is 0 Å². The lowest BCUT2D eigenvalue weighted by Gasteiger charge is -2.19. The third-order valence-electron chi connectivity index (χ3n) is 2.85. The van der Waals surface area contributed by atoms with Crippen molar-refractivity contribution < 1.29 is 9.59 Å². The van der Waals surface area contributed by atoms with Gasteiger partial charge in [0, 0.05) is 17.8 Å². The minimum Gasteiger partial charge on any atom is -0.307 e. The van der Waals surface area contributed by atoms with Gasteiger partial charge in [0.25, 0.3) is 5.91 Å². The molecule has 0 heterocycles. The number of anilines is 1. The van der Waals surface area contributed by atoms with Gasteiger partial charge in [-0.05, 0) is 31.2 Å². The molecule has 2 aromatic rings. The maximum absolute atomic E-state index is 12.3. The minimum absolute atomic E-state index is 0.304. The molecule has 0 aliphatic rings. The van der Waals surface area contributed by atoms with Gasteiger partial charge in [0.15, 0.2) is 0 Å². The van der Waals surface area contributed by atoms with Gasteiger partial charge in [-0.2, -0.15) is 0 Å². The van der Waals surface area contributed by atoms with Crippen LogP contribution in [0.15, 0.2) is 60.7 Å². The van der Waals surface area contributed by atoms with Crippen molar-refractivity contribution in [3.05, 3.63) is 66.2 Å². The number of para-hydroxylation sites is 1. The van der Waals surface area contributed by atoms with Crippen molar-refractivity contribution in [1.82, 2.24) is 4.90 Å². The Morgan fingerprint density at radius 1 is 0.950 bits per heavy atom. The second kappa shape index (κ2) is 6.52. The van der Waals surface area contributed by atoms with E-state index in [0.717, 1.165) is 0 Å². The Hall–Kier alpha value is -2.62. The van der Waals surface area contributed by atoms with Crippen molar-refractivity contribution in [1.29, 1.82) is 0 Å². The monoisotopic (exact) mass is 268 g/mol. The number of amides is 3. The van der Waals surface area contributed by atoms with Gasteiger partial charge in [-0.25, -0.2) is 4.79 Å². The summed E-state index contributed by atoms with van der Waals surface area (Å²) >= 11 is 0. The van der Waals surface area contributed by atoms with E-state index in [1.54, 1.807) is 43.3 Å². The molecule has 0 saturated carbocycles. The molecule has 4 heteroatoms. The van der Waals surface area contributed by atoms with E-state index in [2.05, 4.69) is 5.32 Å². The van der Waals surface area contributed by atoms with Gasteiger partial charge in [-0.3, -0.25) is 9.69 Å². The quantitative estimate of drug-likeness (QED) is 0.927. The average Bonchev–Trinajstić information content (AvgIpc) is 2.49. The van der Waals surface area contributed by atoms with Crippen molar-refractivity contribution in [3.8, 4) is 0 Å². The molecule has 0 saturated heterocycles. The number of rotatable bonds is 3. The first-order valence-electron chi connectivity index (χ1n) is 6.45. The molecule has 1 N–H and O–H groups in total. The number of nitrogens with one attached hydrogen (secondary N) is 1. The number of hydrogen-bond donors (Lipinski definition) is 1. The van der Waals surface area contributed by atoms with E-state index in [1.165, 1.54) is 4.90 Å². The molecule has 4 nitrogen and oxygen atoms in total. The van der Waals surface area contributed by atoms with Crippen molar-refractivity contribution in [2.24, 2.45) is 0 Å². The number of carbonyl (C=O) groups excluding carboxylic acids is 2. The minimum atomic E-state index is -0.424. The highest BCUT2D eigenvalue weighted by molar-refractivity contribution is 6.07. The zero-order valence-corrected chi connectivity index (χ0v) is 11.2. The van der Waals surface area contributed by atoms with E-state index in [1.807, 2.05) is 24.3 Å². The Labute approximate surface area is 118 Å². The molecule has 0 bridgehead atoms. The molecule has 0 unspecified atom stereocenters. The van der Waals surface area contributed by atoms with E-state index >= 15 is 0 Å². The van der Waals surface area contributed by atoms with E-state index in [0.29, 0.717) is 17.8 Å². The molecule has 0 atom stereocenters. The van der Waals surface area contributed by atoms with E-state index in [-0.39, 0.29) is 5.91 Å². The Kier molecular flexibility index (Phi) is 4.50. The van der Waals surface area contributed by atoms with Gasteiger partial charge in [0.1, 0.15) is 0 Å². The summed E-state index contributed by atoms with van der Waals surface area (Å²) in [5.41, 5.74) is 1.16. The summed E-state index contributed by atoms with van der Waals surface area (Å²) in [5.74, 6) is -0.304. The van der Waals surface area contributed by atoms with Gasteiger partial charge in [-0.1, -0.05) is 36.4 Å². The van der Waals surface area contributed by atoms with E-state index in [9.17, 15) is 9.59 Å². The fourth-order valence-corrected chi connectivity index (χ4v) is 1.83. The van der Waals surface area contributed by atoms with Crippen LogP contribution in [0.3, 0.4) is 0 Å². The van der Waals surface area contributed by atoms with Crippen LogP contribution in [0.2, 0.25) is 0 Å². The maximum atomic E-state index is 12.3. The first-order valence-corrected chi connectivity index (χ1v) is 6.45. The lowest BCUT2D eigenvalue weighted by Crippen LogP contribution is -2.39. The van der Waals surface area contributed by atoms with Crippen molar-refractivity contribution >= 4 is 17.6 Å². The van der Waals surface area contributed by atoms with Crippen molar-refractivity contribution in [2.75, 3.05) is 11.9 Å². The summed E-state index contributed by atoms with van der Waals surface area (Å²) in [7, 11) is 0. The molecule has 2 aromatic carbocycles. The van der Waals surface area contributed by atoms with Gasteiger partial charge in [0.05, 0.1) is 0 Å². The Balaban J connectivity index is 2.12. The third kappa shape index (κ3) is 3.23. The van der Waals surface area contributed by atoms with Crippen LogP contribution in [-0.2, 0) is 0 Å². The molecule has 2 rings (SSSR count). The number of imide groups is 1. The lowest BCUT2D eigenvalue weighted by atomic mass is 10.2. The SMILES string of the molecule is CCN(C(=O)Nc1ccccc1)C(=O)c1ccccc1. The Morgan fingerprint density at radius 2 is 1.50 bits per heavy atom. The highest BCUT2D eigenvalue weighted by Gasteiger charge is 2.20.